The van der Waals surface area contributed by atoms with Crippen molar-refractivity contribution in [2.75, 3.05) is 37.6 Å². The average molecular weight is 340 g/mol. The van der Waals surface area contributed by atoms with Crippen LogP contribution in [0.4, 0.5) is 13.9 Å². The number of nitrogens with zero attached hydrogens (tertiary/aromatic N) is 4. The van der Waals surface area contributed by atoms with Gasteiger partial charge in [0.25, 0.3) is 0 Å². The Kier molecular flexibility index (Phi) is 4.84. The quantitative estimate of drug-likeness (QED) is 0.922. The zero-order chi connectivity index (χ0) is 16.4. The minimum Gasteiger partial charge on any atom is -0.387 e. The van der Waals surface area contributed by atoms with Crippen LogP contribution in [-0.2, 0) is 0 Å². The van der Waals surface area contributed by atoms with Crippen LogP contribution >= 0.6 is 11.5 Å². The molecular formula is C15H18F2N4OS. The maximum Gasteiger partial charge on any atom is 0.205 e. The number of aromatic nitrogens is 2. The fourth-order valence-corrected chi connectivity index (χ4v) is 3.38. The summed E-state index contributed by atoms with van der Waals surface area (Å²) < 4.78 is 30.8. The second-order valence-corrected chi connectivity index (χ2v) is 6.32. The molecule has 0 amide bonds. The molecule has 1 atom stereocenters. The summed E-state index contributed by atoms with van der Waals surface area (Å²) in [5.74, 6) is -0.575. The molecule has 2 heterocycles. The van der Waals surface area contributed by atoms with Crippen molar-refractivity contribution in [2.45, 2.75) is 13.0 Å². The summed E-state index contributed by atoms with van der Waals surface area (Å²) in [5, 5.41) is 11.1. The first-order valence-electron chi connectivity index (χ1n) is 7.43. The predicted octanol–water partition coefficient (Wildman–Crippen LogP) is 1.98. The summed E-state index contributed by atoms with van der Waals surface area (Å²) in [6.07, 6.45) is -0.967. The Morgan fingerprint density at radius 3 is 2.61 bits per heavy atom. The van der Waals surface area contributed by atoms with E-state index in [2.05, 4.69) is 19.2 Å². The molecule has 124 valence electrons. The third kappa shape index (κ3) is 3.82. The highest BCUT2D eigenvalue weighted by Crippen LogP contribution is 2.22. The van der Waals surface area contributed by atoms with E-state index in [0.717, 1.165) is 49.3 Å². The first kappa shape index (κ1) is 16.2. The number of rotatable bonds is 4. The van der Waals surface area contributed by atoms with Crippen LogP contribution in [-0.4, -0.2) is 52.1 Å². The van der Waals surface area contributed by atoms with Crippen LogP contribution in [0.5, 0.6) is 0 Å². The third-order valence-corrected chi connectivity index (χ3v) is 4.78. The van der Waals surface area contributed by atoms with Crippen LogP contribution in [0.2, 0.25) is 0 Å². The smallest absolute Gasteiger partial charge is 0.205 e. The predicted molar refractivity (Wildman–Crippen MR) is 84.6 cm³/mol. The summed E-state index contributed by atoms with van der Waals surface area (Å²) in [6.45, 7) is 5.26. The highest BCUT2D eigenvalue weighted by atomic mass is 32.1. The summed E-state index contributed by atoms with van der Waals surface area (Å²) in [5.41, 5.74) is 0.133. The van der Waals surface area contributed by atoms with Crippen LogP contribution in [0, 0.1) is 18.6 Å². The van der Waals surface area contributed by atoms with Gasteiger partial charge in [-0.3, -0.25) is 4.90 Å². The van der Waals surface area contributed by atoms with E-state index in [1.165, 1.54) is 17.6 Å². The SMILES string of the molecule is Cc1nsc(N2CCN(CC(O)c3ccc(F)cc3F)CC2)n1. The van der Waals surface area contributed by atoms with Gasteiger partial charge in [-0.15, -0.1) is 0 Å². The fraction of sp³-hybridized carbons (Fsp3) is 0.467. The number of aryl methyl sites for hydroxylation is 1. The molecule has 1 saturated heterocycles. The van der Waals surface area contributed by atoms with Crippen molar-refractivity contribution in [1.82, 2.24) is 14.3 Å². The lowest BCUT2D eigenvalue weighted by atomic mass is 10.1. The molecule has 1 N–H and O–H groups in total. The van der Waals surface area contributed by atoms with Crippen molar-refractivity contribution < 1.29 is 13.9 Å². The highest BCUT2D eigenvalue weighted by Gasteiger charge is 2.23. The van der Waals surface area contributed by atoms with E-state index in [9.17, 15) is 13.9 Å². The Hall–Kier alpha value is -1.64. The van der Waals surface area contributed by atoms with Gasteiger partial charge in [-0.05, 0) is 13.0 Å². The van der Waals surface area contributed by atoms with Gasteiger partial charge in [0.15, 0.2) is 0 Å². The van der Waals surface area contributed by atoms with Crippen molar-refractivity contribution in [2.24, 2.45) is 0 Å². The number of aliphatic hydroxyl groups is 1. The molecule has 3 rings (SSSR count). The Balaban J connectivity index is 1.56. The monoisotopic (exact) mass is 340 g/mol. The van der Waals surface area contributed by atoms with Crippen molar-refractivity contribution >= 4 is 16.7 Å². The largest absolute Gasteiger partial charge is 0.387 e. The highest BCUT2D eigenvalue weighted by molar-refractivity contribution is 7.09. The Bertz CT molecular complexity index is 673. The van der Waals surface area contributed by atoms with Crippen molar-refractivity contribution in [1.29, 1.82) is 0 Å². The summed E-state index contributed by atoms with van der Waals surface area (Å²) in [6, 6.07) is 3.27. The summed E-state index contributed by atoms with van der Waals surface area (Å²) in [7, 11) is 0. The van der Waals surface area contributed by atoms with Crippen LogP contribution in [0.1, 0.15) is 17.5 Å². The van der Waals surface area contributed by atoms with Gasteiger partial charge in [-0.1, -0.05) is 6.07 Å². The Morgan fingerprint density at radius 1 is 1.26 bits per heavy atom. The average Bonchev–Trinajstić information content (AvgIpc) is 2.94. The maximum absolute atomic E-state index is 13.7. The number of hydrogen-bond donors (Lipinski definition) is 1. The maximum atomic E-state index is 13.7. The van der Waals surface area contributed by atoms with E-state index in [0.29, 0.717) is 6.54 Å². The fourth-order valence-electron chi connectivity index (χ4n) is 2.65. The second-order valence-electron chi connectivity index (χ2n) is 5.59. The zero-order valence-electron chi connectivity index (χ0n) is 12.7. The first-order valence-corrected chi connectivity index (χ1v) is 8.21. The molecule has 1 aromatic heterocycles. The summed E-state index contributed by atoms with van der Waals surface area (Å²) in [4.78, 5) is 8.59. The molecule has 0 saturated carbocycles. The molecule has 0 aliphatic carbocycles. The topological polar surface area (TPSA) is 52.5 Å². The van der Waals surface area contributed by atoms with Crippen molar-refractivity contribution in [3.8, 4) is 0 Å². The van der Waals surface area contributed by atoms with Crippen LogP contribution in [0.15, 0.2) is 18.2 Å². The lowest BCUT2D eigenvalue weighted by Gasteiger charge is -2.35. The van der Waals surface area contributed by atoms with Gasteiger partial charge in [0.2, 0.25) is 5.13 Å². The Labute approximate surface area is 137 Å². The molecule has 1 fully saturated rings. The van der Waals surface area contributed by atoms with E-state index in [4.69, 9.17) is 0 Å². The van der Waals surface area contributed by atoms with E-state index < -0.39 is 17.7 Å². The van der Waals surface area contributed by atoms with Gasteiger partial charge in [-0.2, -0.15) is 4.37 Å². The van der Waals surface area contributed by atoms with Crippen molar-refractivity contribution in [3.05, 3.63) is 41.2 Å². The number of benzene rings is 1. The molecule has 1 aliphatic heterocycles. The molecule has 1 unspecified atom stereocenters. The molecular weight excluding hydrogens is 322 g/mol. The van der Waals surface area contributed by atoms with Crippen LogP contribution in [0.25, 0.3) is 0 Å². The second kappa shape index (κ2) is 6.86. The van der Waals surface area contributed by atoms with E-state index >= 15 is 0 Å². The first-order chi connectivity index (χ1) is 11.0. The molecule has 1 aromatic carbocycles. The standard InChI is InChI=1S/C15H18F2N4OS/c1-10-18-15(23-19-10)21-6-4-20(5-7-21)9-14(22)12-3-2-11(16)8-13(12)17/h2-3,8,14,22H,4-7,9H2,1H3. The van der Waals surface area contributed by atoms with Gasteiger partial charge in [0, 0.05) is 55.9 Å². The minimum absolute atomic E-state index is 0.133. The molecule has 1 aliphatic rings. The number of halogens is 2. The normalized spacial score (nSPS) is 17.5. The number of piperazine rings is 1. The van der Waals surface area contributed by atoms with E-state index in [-0.39, 0.29) is 5.56 Å². The lowest BCUT2D eigenvalue weighted by Crippen LogP contribution is -2.47. The molecule has 23 heavy (non-hydrogen) atoms. The summed E-state index contributed by atoms with van der Waals surface area (Å²) >= 11 is 1.38. The lowest BCUT2D eigenvalue weighted by molar-refractivity contribution is 0.106. The minimum atomic E-state index is -0.967. The molecule has 0 radical (unpaired) electrons. The molecule has 2 aromatic rings. The van der Waals surface area contributed by atoms with Gasteiger partial charge in [0.05, 0.1) is 6.10 Å². The van der Waals surface area contributed by atoms with E-state index in [1.807, 2.05) is 6.92 Å². The number of aliphatic hydroxyl groups excluding tert-OH is 1. The number of hydrogen-bond acceptors (Lipinski definition) is 6. The third-order valence-electron chi connectivity index (χ3n) is 3.91. The molecule has 8 heteroatoms. The molecule has 0 spiro atoms. The van der Waals surface area contributed by atoms with E-state index in [1.54, 1.807) is 0 Å². The van der Waals surface area contributed by atoms with Crippen molar-refractivity contribution in [3.63, 3.8) is 0 Å². The van der Waals surface area contributed by atoms with Gasteiger partial charge >= 0.3 is 0 Å². The van der Waals surface area contributed by atoms with Gasteiger partial charge < -0.3 is 10.0 Å². The van der Waals surface area contributed by atoms with Crippen LogP contribution in [0.3, 0.4) is 0 Å². The van der Waals surface area contributed by atoms with Crippen LogP contribution < -0.4 is 4.90 Å². The Morgan fingerprint density at radius 2 is 2.00 bits per heavy atom. The zero-order valence-corrected chi connectivity index (χ0v) is 13.6. The molecule has 0 bridgehead atoms. The van der Waals surface area contributed by atoms with Gasteiger partial charge in [-0.25, -0.2) is 13.8 Å². The molecule has 5 nitrogen and oxygen atoms in total. The number of anilines is 1. The number of β-amino-alcohol motifs (C(OH)–C–C–N with tert-alkyl or cyclic N) is 1. The van der Waals surface area contributed by atoms with Gasteiger partial charge in [0.1, 0.15) is 17.5 Å².